The second-order valence-corrected chi connectivity index (χ2v) is 7.54. The first-order chi connectivity index (χ1) is 13.7. The summed E-state index contributed by atoms with van der Waals surface area (Å²) in [5.74, 6) is 1.45. The number of hydrogen-bond acceptors (Lipinski definition) is 7. The van der Waals surface area contributed by atoms with Gasteiger partial charge in [-0.15, -0.1) is 0 Å². The summed E-state index contributed by atoms with van der Waals surface area (Å²) in [6.07, 6.45) is 2.40. The molecule has 0 radical (unpaired) electrons. The first kappa shape index (κ1) is 18.6. The molecule has 1 aliphatic heterocycles. The SMILES string of the molecule is O=[N+]([O-])c1ccc(CSc2nc(NC[C@H]3CCCO3)c3ccccc3n2)cc1. The maximum absolute atomic E-state index is 10.8. The monoisotopic (exact) mass is 396 g/mol. The van der Waals surface area contributed by atoms with Gasteiger partial charge in [0.25, 0.3) is 5.69 Å². The third-order valence-electron chi connectivity index (χ3n) is 4.62. The van der Waals surface area contributed by atoms with Crippen molar-refractivity contribution in [2.45, 2.75) is 29.9 Å². The summed E-state index contributed by atoms with van der Waals surface area (Å²) in [6, 6.07) is 14.5. The Morgan fingerprint density at radius 2 is 2.00 bits per heavy atom. The fraction of sp³-hybridized carbons (Fsp3) is 0.300. The molecule has 1 aliphatic rings. The van der Waals surface area contributed by atoms with E-state index in [0.29, 0.717) is 10.9 Å². The number of nitrogens with zero attached hydrogens (tertiary/aromatic N) is 3. The van der Waals surface area contributed by atoms with Crippen LogP contribution in [0, 0.1) is 10.1 Å². The van der Waals surface area contributed by atoms with Crippen molar-refractivity contribution in [1.82, 2.24) is 9.97 Å². The molecule has 4 rings (SSSR count). The lowest BCUT2D eigenvalue weighted by molar-refractivity contribution is -0.384. The van der Waals surface area contributed by atoms with Gasteiger partial charge in [0.1, 0.15) is 5.82 Å². The summed E-state index contributed by atoms with van der Waals surface area (Å²) in [5.41, 5.74) is 1.97. The number of nitrogens with one attached hydrogen (secondary N) is 1. The number of fused-ring (bicyclic) bond motifs is 1. The molecule has 3 aromatic rings. The highest BCUT2D eigenvalue weighted by Crippen LogP contribution is 2.27. The second-order valence-electron chi connectivity index (χ2n) is 6.60. The molecule has 1 fully saturated rings. The van der Waals surface area contributed by atoms with E-state index in [1.54, 1.807) is 12.1 Å². The minimum absolute atomic E-state index is 0.0938. The van der Waals surface area contributed by atoms with E-state index in [1.807, 2.05) is 24.3 Å². The quantitative estimate of drug-likeness (QED) is 0.274. The molecular weight excluding hydrogens is 376 g/mol. The molecule has 0 spiro atoms. The van der Waals surface area contributed by atoms with Crippen LogP contribution in [0.25, 0.3) is 10.9 Å². The van der Waals surface area contributed by atoms with Gasteiger partial charge in [-0.3, -0.25) is 10.1 Å². The average molecular weight is 396 g/mol. The molecule has 1 N–H and O–H groups in total. The van der Waals surface area contributed by atoms with Gasteiger partial charge in [0.05, 0.1) is 16.5 Å². The van der Waals surface area contributed by atoms with E-state index in [0.717, 1.165) is 48.3 Å². The summed E-state index contributed by atoms with van der Waals surface area (Å²) in [6.45, 7) is 1.56. The molecule has 2 heterocycles. The Morgan fingerprint density at radius 3 is 2.75 bits per heavy atom. The molecular formula is C20H20N4O3S. The molecule has 7 nitrogen and oxygen atoms in total. The highest BCUT2D eigenvalue weighted by Gasteiger charge is 2.16. The predicted molar refractivity (Wildman–Crippen MR) is 110 cm³/mol. The Kier molecular flexibility index (Phi) is 5.68. The molecule has 2 aromatic carbocycles. The van der Waals surface area contributed by atoms with Crippen molar-refractivity contribution in [2.24, 2.45) is 0 Å². The van der Waals surface area contributed by atoms with Gasteiger partial charge in [-0.1, -0.05) is 36.0 Å². The smallest absolute Gasteiger partial charge is 0.269 e. The minimum atomic E-state index is -0.393. The number of nitro benzene ring substituents is 1. The van der Waals surface area contributed by atoms with E-state index in [4.69, 9.17) is 9.72 Å². The molecule has 0 amide bonds. The zero-order valence-electron chi connectivity index (χ0n) is 15.2. The van der Waals surface area contributed by atoms with Crippen LogP contribution < -0.4 is 5.32 Å². The van der Waals surface area contributed by atoms with Crippen LogP contribution in [-0.2, 0) is 10.5 Å². The molecule has 8 heteroatoms. The van der Waals surface area contributed by atoms with Crippen molar-refractivity contribution in [3.63, 3.8) is 0 Å². The van der Waals surface area contributed by atoms with E-state index in [1.165, 1.54) is 23.9 Å². The zero-order chi connectivity index (χ0) is 19.3. The summed E-state index contributed by atoms with van der Waals surface area (Å²) in [5, 5.41) is 15.9. The van der Waals surface area contributed by atoms with Gasteiger partial charge in [0, 0.05) is 36.4 Å². The Bertz CT molecular complexity index is 975. The normalized spacial score (nSPS) is 16.4. The lowest BCUT2D eigenvalue weighted by Gasteiger charge is -2.14. The van der Waals surface area contributed by atoms with Gasteiger partial charge < -0.3 is 10.1 Å². The van der Waals surface area contributed by atoms with E-state index < -0.39 is 4.92 Å². The van der Waals surface area contributed by atoms with Crippen LogP contribution in [0.1, 0.15) is 18.4 Å². The van der Waals surface area contributed by atoms with Crippen LogP contribution in [-0.4, -0.2) is 34.1 Å². The van der Waals surface area contributed by atoms with Crippen LogP contribution in [0.5, 0.6) is 0 Å². The van der Waals surface area contributed by atoms with Gasteiger partial charge in [-0.05, 0) is 30.5 Å². The third-order valence-corrected chi connectivity index (χ3v) is 5.54. The Morgan fingerprint density at radius 1 is 1.18 bits per heavy atom. The number of anilines is 1. The number of para-hydroxylation sites is 1. The van der Waals surface area contributed by atoms with E-state index in [2.05, 4.69) is 10.3 Å². The van der Waals surface area contributed by atoms with E-state index in [-0.39, 0.29) is 11.8 Å². The first-order valence-corrected chi connectivity index (χ1v) is 10.2. The molecule has 0 saturated carbocycles. The van der Waals surface area contributed by atoms with Crippen molar-refractivity contribution in [2.75, 3.05) is 18.5 Å². The van der Waals surface area contributed by atoms with Crippen molar-refractivity contribution in [3.8, 4) is 0 Å². The van der Waals surface area contributed by atoms with Gasteiger partial charge >= 0.3 is 0 Å². The topological polar surface area (TPSA) is 90.2 Å². The highest BCUT2D eigenvalue weighted by atomic mass is 32.2. The fourth-order valence-corrected chi connectivity index (χ4v) is 3.94. The van der Waals surface area contributed by atoms with E-state index in [9.17, 15) is 10.1 Å². The maximum Gasteiger partial charge on any atom is 0.269 e. The number of thioether (sulfide) groups is 1. The second kappa shape index (κ2) is 8.53. The number of benzene rings is 2. The average Bonchev–Trinajstić information content (AvgIpc) is 3.24. The molecule has 28 heavy (non-hydrogen) atoms. The molecule has 1 aromatic heterocycles. The van der Waals surface area contributed by atoms with Crippen LogP contribution >= 0.6 is 11.8 Å². The van der Waals surface area contributed by atoms with Gasteiger partial charge in [0.15, 0.2) is 5.16 Å². The lowest BCUT2D eigenvalue weighted by Crippen LogP contribution is -2.19. The van der Waals surface area contributed by atoms with Crippen LogP contribution in [0.4, 0.5) is 11.5 Å². The third kappa shape index (κ3) is 4.40. The van der Waals surface area contributed by atoms with Gasteiger partial charge in [-0.25, -0.2) is 9.97 Å². The van der Waals surface area contributed by atoms with Crippen LogP contribution in [0.15, 0.2) is 53.7 Å². The first-order valence-electron chi connectivity index (χ1n) is 9.17. The molecule has 144 valence electrons. The number of aromatic nitrogens is 2. The van der Waals surface area contributed by atoms with Crippen molar-refractivity contribution < 1.29 is 9.66 Å². The van der Waals surface area contributed by atoms with Gasteiger partial charge in [0.2, 0.25) is 0 Å². The molecule has 0 unspecified atom stereocenters. The number of ether oxygens (including phenoxy) is 1. The van der Waals surface area contributed by atoms with Gasteiger partial charge in [-0.2, -0.15) is 0 Å². The molecule has 1 atom stereocenters. The minimum Gasteiger partial charge on any atom is -0.376 e. The maximum atomic E-state index is 10.8. The van der Waals surface area contributed by atoms with Crippen molar-refractivity contribution in [1.29, 1.82) is 0 Å². The number of hydrogen-bond donors (Lipinski definition) is 1. The zero-order valence-corrected chi connectivity index (χ0v) is 16.0. The summed E-state index contributed by atoms with van der Waals surface area (Å²) >= 11 is 1.51. The molecule has 0 aliphatic carbocycles. The summed E-state index contributed by atoms with van der Waals surface area (Å²) in [4.78, 5) is 19.7. The molecule has 0 bridgehead atoms. The summed E-state index contributed by atoms with van der Waals surface area (Å²) in [7, 11) is 0. The number of non-ortho nitro benzene ring substituents is 1. The largest absolute Gasteiger partial charge is 0.376 e. The highest BCUT2D eigenvalue weighted by molar-refractivity contribution is 7.98. The van der Waals surface area contributed by atoms with Crippen LogP contribution in [0.2, 0.25) is 0 Å². The van der Waals surface area contributed by atoms with Crippen LogP contribution in [0.3, 0.4) is 0 Å². The number of rotatable bonds is 7. The Labute approximate surface area is 166 Å². The number of nitro groups is 1. The predicted octanol–water partition coefficient (Wildman–Crippen LogP) is 4.42. The standard InChI is InChI=1S/C20H20N4O3S/c25-24(26)15-9-7-14(8-10-15)13-28-20-22-18-6-2-1-5-17(18)19(23-20)21-12-16-4-3-11-27-16/h1-2,5-10,16H,3-4,11-13H2,(H,21,22,23)/t16-/m1/s1. The Hall–Kier alpha value is -2.71. The van der Waals surface area contributed by atoms with Crippen molar-refractivity contribution in [3.05, 3.63) is 64.2 Å². The molecule has 1 saturated heterocycles. The lowest BCUT2D eigenvalue weighted by atomic mass is 10.2. The summed E-state index contributed by atoms with van der Waals surface area (Å²) < 4.78 is 5.69. The van der Waals surface area contributed by atoms with Crippen molar-refractivity contribution >= 4 is 34.2 Å². The Balaban J connectivity index is 1.50. The van der Waals surface area contributed by atoms with E-state index >= 15 is 0 Å². The fourth-order valence-electron chi connectivity index (χ4n) is 3.13.